The largest absolute Gasteiger partial charge is 0.160 e. The summed E-state index contributed by atoms with van der Waals surface area (Å²) in [4.78, 5) is 0. The van der Waals surface area contributed by atoms with Crippen molar-refractivity contribution in [2.24, 2.45) is 5.41 Å². The molecule has 66 valence electrons. The molecule has 0 amide bonds. The summed E-state index contributed by atoms with van der Waals surface area (Å²) in [6.45, 7) is 3.99. The minimum Gasteiger partial charge on any atom is -0.0975 e. The molecule has 1 saturated carbocycles. The van der Waals surface area contributed by atoms with Crippen molar-refractivity contribution in [2.45, 2.75) is 35.4 Å². The minimum atomic E-state index is -0.966. The number of hydrogen-bond acceptors (Lipinski definition) is 0. The van der Waals surface area contributed by atoms with Crippen LogP contribution in [0.1, 0.15) is 26.7 Å². The van der Waals surface area contributed by atoms with E-state index in [0.717, 1.165) is 12.8 Å². The second kappa shape index (κ2) is 2.57. The molecule has 0 unspecified atom stereocenters. The Morgan fingerprint density at radius 2 is 1.09 bits per heavy atom. The molecule has 1 aliphatic carbocycles. The number of halogens is 4. The molecule has 0 atom stereocenters. The molecule has 1 rings (SSSR count). The van der Waals surface area contributed by atoms with Crippen molar-refractivity contribution in [3.05, 3.63) is 0 Å². The van der Waals surface area contributed by atoms with E-state index in [1.807, 2.05) is 13.8 Å². The van der Waals surface area contributed by atoms with Crippen LogP contribution >= 0.6 is 46.4 Å². The molecule has 1 fully saturated rings. The van der Waals surface area contributed by atoms with Crippen LogP contribution in [0.2, 0.25) is 0 Å². The molecular weight excluding hydrogens is 226 g/mol. The van der Waals surface area contributed by atoms with Gasteiger partial charge in [-0.05, 0) is 12.8 Å². The first-order valence-electron chi connectivity index (χ1n) is 3.63. The normalized spacial score (nSPS) is 30.0. The van der Waals surface area contributed by atoms with Gasteiger partial charge in [0.15, 0.2) is 8.67 Å². The van der Waals surface area contributed by atoms with Crippen LogP contribution in [0.5, 0.6) is 0 Å². The van der Waals surface area contributed by atoms with Crippen LogP contribution < -0.4 is 0 Å². The first-order chi connectivity index (χ1) is 4.87. The van der Waals surface area contributed by atoms with Gasteiger partial charge in [-0.3, -0.25) is 0 Å². The average molecular weight is 236 g/mol. The summed E-state index contributed by atoms with van der Waals surface area (Å²) in [5, 5.41) is 0. The Morgan fingerprint density at radius 1 is 0.818 bits per heavy atom. The summed E-state index contributed by atoms with van der Waals surface area (Å²) in [5.41, 5.74) is -0.313. The van der Waals surface area contributed by atoms with Crippen molar-refractivity contribution in [3.8, 4) is 0 Å². The quantitative estimate of drug-likeness (QED) is 0.631. The first kappa shape index (κ1) is 10.2. The third kappa shape index (κ3) is 0.905. The molecule has 0 saturated heterocycles. The van der Waals surface area contributed by atoms with Crippen LogP contribution in [0, 0.1) is 5.41 Å². The highest BCUT2D eigenvalue weighted by atomic mass is 35.5. The van der Waals surface area contributed by atoms with Gasteiger partial charge in [0.1, 0.15) is 0 Å². The smallest absolute Gasteiger partial charge is 0.0975 e. The predicted octanol–water partition coefficient (Wildman–Crippen LogP) is 4.15. The third-order valence-corrected chi connectivity index (χ3v) is 5.71. The van der Waals surface area contributed by atoms with Crippen molar-refractivity contribution in [1.82, 2.24) is 0 Å². The molecular formula is C7H10Cl4. The van der Waals surface area contributed by atoms with Gasteiger partial charge in [0.05, 0.1) is 0 Å². The molecule has 4 heteroatoms. The molecule has 0 aromatic carbocycles. The second-order valence-corrected chi connectivity index (χ2v) is 5.59. The fourth-order valence-corrected chi connectivity index (χ4v) is 4.02. The summed E-state index contributed by atoms with van der Waals surface area (Å²) in [6.07, 6.45) is 1.62. The zero-order valence-corrected chi connectivity index (χ0v) is 9.45. The Kier molecular flexibility index (Phi) is 2.40. The minimum absolute atomic E-state index is 0.313. The van der Waals surface area contributed by atoms with Crippen molar-refractivity contribution in [3.63, 3.8) is 0 Å². The van der Waals surface area contributed by atoms with Crippen LogP contribution in [0.15, 0.2) is 0 Å². The van der Waals surface area contributed by atoms with E-state index in [9.17, 15) is 0 Å². The van der Waals surface area contributed by atoms with Gasteiger partial charge in [0.25, 0.3) is 0 Å². The molecule has 0 aliphatic heterocycles. The average Bonchev–Trinajstić information content (AvgIpc) is 2.22. The second-order valence-electron chi connectivity index (χ2n) is 2.94. The van der Waals surface area contributed by atoms with Gasteiger partial charge < -0.3 is 0 Å². The van der Waals surface area contributed by atoms with Gasteiger partial charge in [0.2, 0.25) is 0 Å². The predicted molar refractivity (Wildman–Crippen MR) is 51.9 cm³/mol. The molecule has 0 heterocycles. The number of rotatable bonds is 2. The van der Waals surface area contributed by atoms with E-state index in [2.05, 4.69) is 0 Å². The van der Waals surface area contributed by atoms with E-state index in [4.69, 9.17) is 46.4 Å². The third-order valence-electron chi connectivity index (χ3n) is 2.74. The lowest BCUT2D eigenvalue weighted by Gasteiger charge is -2.11. The molecule has 0 aromatic heterocycles. The van der Waals surface area contributed by atoms with E-state index in [1.54, 1.807) is 0 Å². The monoisotopic (exact) mass is 234 g/mol. The van der Waals surface area contributed by atoms with Gasteiger partial charge in [-0.25, -0.2) is 0 Å². The SMILES string of the molecule is CCC1(CC)C(Cl)(Cl)C1(Cl)Cl. The lowest BCUT2D eigenvalue weighted by Crippen LogP contribution is -2.07. The summed E-state index contributed by atoms with van der Waals surface area (Å²) >= 11 is 23.8. The Labute approximate surface area is 87.1 Å². The summed E-state index contributed by atoms with van der Waals surface area (Å²) in [6, 6.07) is 0. The van der Waals surface area contributed by atoms with Crippen LogP contribution in [0.3, 0.4) is 0 Å². The molecule has 1 aliphatic rings. The maximum absolute atomic E-state index is 5.96. The van der Waals surface area contributed by atoms with Crippen molar-refractivity contribution >= 4 is 46.4 Å². The standard InChI is InChI=1S/C7H10Cl4/c1-3-5(4-2)6(8,9)7(5,10)11/h3-4H2,1-2H3. The topological polar surface area (TPSA) is 0 Å². The highest BCUT2D eigenvalue weighted by molar-refractivity contribution is 6.69. The highest BCUT2D eigenvalue weighted by Crippen LogP contribution is 2.80. The molecule has 0 aromatic rings. The first-order valence-corrected chi connectivity index (χ1v) is 5.14. The number of hydrogen-bond donors (Lipinski definition) is 0. The summed E-state index contributed by atoms with van der Waals surface area (Å²) in [5.74, 6) is 0. The van der Waals surface area contributed by atoms with E-state index in [-0.39, 0.29) is 5.41 Å². The number of alkyl halides is 4. The Balaban J connectivity index is 2.93. The maximum Gasteiger partial charge on any atom is 0.160 e. The molecule has 0 radical (unpaired) electrons. The van der Waals surface area contributed by atoms with Gasteiger partial charge in [-0.2, -0.15) is 0 Å². The summed E-state index contributed by atoms with van der Waals surface area (Å²) < 4.78 is -1.93. The Morgan fingerprint density at radius 3 is 1.09 bits per heavy atom. The Hall–Kier alpha value is 1.16. The fraction of sp³-hybridized carbons (Fsp3) is 1.00. The lowest BCUT2D eigenvalue weighted by molar-refractivity contribution is 0.459. The van der Waals surface area contributed by atoms with Gasteiger partial charge in [-0.15, -0.1) is 0 Å². The van der Waals surface area contributed by atoms with Crippen LogP contribution in [0.4, 0.5) is 0 Å². The van der Waals surface area contributed by atoms with Crippen molar-refractivity contribution < 1.29 is 0 Å². The van der Waals surface area contributed by atoms with E-state index in [0.29, 0.717) is 0 Å². The molecule has 11 heavy (non-hydrogen) atoms. The Bertz CT molecular complexity index is 153. The molecule has 0 N–H and O–H groups in total. The van der Waals surface area contributed by atoms with Gasteiger partial charge in [-0.1, -0.05) is 60.3 Å². The van der Waals surface area contributed by atoms with Crippen molar-refractivity contribution in [1.29, 1.82) is 0 Å². The summed E-state index contributed by atoms with van der Waals surface area (Å²) in [7, 11) is 0. The molecule has 0 spiro atoms. The van der Waals surface area contributed by atoms with Crippen LogP contribution in [0.25, 0.3) is 0 Å². The maximum atomic E-state index is 5.96. The fourth-order valence-electron chi connectivity index (χ4n) is 1.66. The van der Waals surface area contributed by atoms with E-state index >= 15 is 0 Å². The van der Waals surface area contributed by atoms with Gasteiger partial charge >= 0.3 is 0 Å². The van der Waals surface area contributed by atoms with Crippen LogP contribution in [-0.2, 0) is 0 Å². The molecule has 0 bridgehead atoms. The van der Waals surface area contributed by atoms with Gasteiger partial charge in [0, 0.05) is 5.41 Å². The van der Waals surface area contributed by atoms with E-state index in [1.165, 1.54) is 0 Å². The molecule has 0 nitrogen and oxygen atoms in total. The lowest BCUT2D eigenvalue weighted by atomic mass is 10.0. The van der Waals surface area contributed by atoms with Crippen molar-refractivity contribution in [2.75, 3.05) is 0 Å². The van der Waals surface area contributed by atoms with Crippen LogP contribution in [-0.4, -0.2) is 8.67 Å². The zero-order valence-electron chi connectivity index (χ0n) is 6.43. The van der Waals surface area contributed by atoms with E-state index < -0.39 is 8.67 Å². The highest BCUT2D eigenvalue weighted by Gasteiger charge is 2.84. The zero-order chi connectivity index (χ0) is 8.91.